The van der Waals surface area contributed by atoms with Gasteiger partial charge in [0.2, 0.25) is 0 Å². The van der Waals surface area contributed by atoms with E-state index in [1.807, 2.05) is 13.8 Å². The number of methoxy groups -OCH3 is 2. The Labute approximate surface area is 112 Å². The summed E-state index contributed by atoms with van der Waals surface area (Å²) in [6, 6.07) is 2.35. The number of hydrogen-bond donors (Lipinski definition) is 0. The van der Waals surface area contributed by atoms with E-state index in [9.17, 15) is 0 Å². The molecule has 0 spiro atoms. The monoisotopic (exact) mass is 256 g/mol. The Morgan fingerprint density at radius 2 is 1.61 bits per heavy atom. The van der Waals surface area contributed by atoms with Gasteiger partial charge in [-0.1, -0.05) is 0 Å². The highest BCUT2D eigenvalue weighted by Crippen LogP contribution is 2.20. The predicted octanol–water partition coefficient (Wildman–Crippen LogP) is 2.30. The van der Waals surface area contributed by atoms with Crippen LogP contribution in [0, 0.1) is 16.7 Å². The molecule has 0 aliphatic heterocycles. The van der Waals surface area contributed by atoms with Crippen molar-refractivity contribution in [1.29, 1.82) is 5.26 Å². The first-order valence-electron chi connectivity index (χ1n) is 6.67. The van der Waals surface area contributed by atoms with Gasteiger partial charge in [0.1, 0.15) is 0 Å². The molecule has 0 saturated carbocycles. The third kappa shape index (κ3) is 9.41. The van der Waals surface area contributed by atoms with Crippen LogP contribution in [0.4, 0.5) is 0 Å². The molecule has 0 bridgehead atoms. The smallest absolute Gasteiger partial charge is 0.0683 e. The molecular formula is C14H28N2O2. The average Bonchev–Trinajstić information content (AvgIpc) is 2.35. The third-order valence-electron chi connectivity index (χ3n) is 3.01. The van der Waals surface area contributed by atoms with Gasteiger partial charge in [0, 0.05) is 33.9 Å². The normalized spacial score (nSPS) is 11.8. The van der Waals surface area contributed by atoms with E-state index in [-0.39, 0.29) is 5.41 Å². The molecule has 0 aromatic heterocycles. The van der Waals surface area contributed by atoms with Crippen molar-refractivity contribution in [3.63, 3.8) is 0 Å². The van der Waals surface area contributed by atoms with E-state index in [4.69, 9.17) is 14.7 Å². The maximum absolute atomic E-state index is 8.97. The molecule has 0 unspecified atom stereocenters. The molecule has 0 aromatic rings. The summed E-state index contributed by atoms with van der Waals surface area (Å²) in [6.45, 7) is 8.56. The maximum Gasteiger partial charge on any atom is 0.0683 e. The quantitative estimate of drug-likeness (QED) is 0.532. The fourth-order valence-electron chi connectivity index (χ4n) is 1.79. The molecule has 0 heterocycles. The van der Waals surface area contributed by atoms with Crippen LogP contribution in [-0.4, -0.2) is 52.0 Å². The summed E-state index contributed by atoms with van der Waals surface area (Å²) in [6.07, 6.45) is 3.04. The largest absolute Gasteiger partial charge is 0.385 e. The van der Waals surface area contributed by atoms with Gasteiger partial charge in [-0.2, -0.15) is 5.26 Å². The van der Waals surface area contributed by atoms with Gasteiger partial charge in [-0.15, -0.1) is 0 Å². The molecule has 0 N–H and O–H groups in total. The standard InChI is InChI=1S/C14H28N2O2/c1-14(2,13-15)7-5-8-16(10-12-18-4)9-6-11-17-3/h5-12H2,1-4H3. The summed E-state index contributed by atoms with van der Waals surface area (Å²) in [5.74, 6) is 0. The summed E-state index contributed by atoms with van der Waals surface area (Å²) in [5.41, 5.74) is -0.209. The van der Waals surface area contributed by atoms with Crippen molar-refractivity contribution in [2.45, 2.75) is 33.1 Å². The lowest BCUT2D eigenvalue weighted by atomic mass is 9.90. The number of rotatable bonds is 11. The van der Waals surface area contributed by atoms with Gasteiger partial charge >= 0.3 is 0 Å². The first-order valence-corrected chi connectivity index (χ1v) is 6.67. The molecule has 0 atom stereocenters. The Bertz CT molecular complexity index is 236. The van der Waals surface area contributed by atoms with Crippen molar-refractivity contribution in [2.24, 2.45) is 5.41 Å². The molecule has 0 aliphatic rings. The van der Waals surface area contributed by atoms with Crippen LogP contribution in [0.25, 0.3) is 0 Å². The molecular weight excluding hydrogens is 228 g/mol. The van der Waals surface area contributed by atoms with E-state index in [1.165, 1.54) is 0 Å². The summed E-state index contributed by atoms with van der Waals surface area (Å²) in [5, 5.41) is 8.97. The second-order valence-corrected chi connectivity index (χ2v) is 5.28. The van der Waals surface area contributed by atoms with E-state index in [1.54, 1.807) is 14.2 Å². The Kier molecular flexibility index (Phi) is 9.95. The number of nitriles is 1. The molecule has 0 aliphatic carbocycles. The fraction of sp³-hybridized carbons (Fsp3) is 0.929. The van der Waals surface area contributed by atoms with E-state index in [0.29, 0.717) is 0 Å². The highest BCUT2D eigenvalue weighted by Gasteiger charge is 2.16. The summed E-state index contributed by atoms with van der Waals surface area (Å²) >= 11 is 0. The lowest BCUT2D eigenvalue weighted by molar-refractivity contribution is 0.130. The van der Waals surface area contributed by atoms with Gasteiger partial charge in [0.25, 0.3) is 0 Å². The molecule has 0 rings (SSSR count). The van der Waals surface area contributed by atoms with Gasteiger partial charge < -0.3 is 14.4 Å². The SMILES string of the molecule is COCCCN(CCCC(C)(C)C#N)CCOC. The summed E-state index contributed by atoms with van der Waals surface area (Å²) < 4.78 is 10.2. The summed E-state index contributed by atoms with van der Waals surface area (Å²) in [7, 11) is 3.46. The highest BCUT2D eigenvalue weighted by atomic mass is 16.5. The zero-order valence-electron chi connectivity index (χ0n) is 12.4. The predicted molar refractivity (Wildman–Crippen MR) is 73.4 cm³/mol. The Morgan fingerprint density at radius 1 is 1.00 bits per heavy atom. The summed E-state index contributed by atoms with van der Waals surface area (Å²) in [4.78, 5) is 2.38. The zero-order chi connectivity index (χ0) is 13.9. The van der Waals surface area contributed by atoms with Crippen molar-refractivity contribution in [2.75, 3.05) is 47.1 Å². The van der Waals surface area contributed by atoms with Crippen molar-refractivity contribution in [3.8, 4) is 6.07 Å². The molecule has 4 nitrogen and oxygen atoms in total. The van der Waals surface area contributed by atoms with Crippen LogP contribution in [0.3, 0.4) is 0 Å². The van der Waals surface area contributed by atoms with Gasteiger partial charge in [0.15, 0.2) is 0 Å². The van der Waals surface area contributed by atoms with Gasteiger partial charge in [-0.25, -0.2) is 0 Å². The molecule has 0 fully saturated rings. The molecule has 106 valence electrons. The third-order valence-corrected chi connectivity index (χ3v) is 3.01. The van der Waals surface area contributed by atoms with Gasteiger partial charge in [-0.3, -0.25) is 0 Å². The van der Waals surface area contributed by atoms with Crippen molar-refractivity contribution in [3.05, 3.63) is 0 Å². The molecule has 4 heteroatoms. The fourth-order valence-corrected chi connectivity index (χ4v) is 1.79. The van der Waals surface area contributed by atoms with Crippen LogP contribution in [0.2, 0.25) is 0 Å². The second kappa shape index (κ2) is 10.3. The molecule has 0 amide bonds. The minimum absolute atomic E-state index is 0.209. The molecule has 18 heavy (non-hydrogen) atoms. The van der Waals surface area contributed by atoms with Crippen LogP contribution in [-0.2, 0) is 9.47 Å². The van der Waals surface area contributed by atoms with Crippen molar-refractivity contribution in [1.82, 2.24) is 4.90 Å². The number of nitrogens with zero attached hydrogens (tertiary/aromatic N) is 2. The average molecular weight is 256 g/mol. The second-order valence-electron chi connectivity index (χ2n) is 5.28. The van der Waals surface area contributed by atoms with Crippen LogP contribution >= 0.6 is 0 Å². The van der Waals surface area contributed by atoms with Crippen LogP contribution in [0.5, 0.6) is 0 Å². The molecule has 0 aromatic carbocycles. The van der Waals surface area contributed by atoms with E-state index in [0.717, 1.165) is 52.1 Å². The first-order chi connectivity index (χ1) is 8.55. The van der Waals surface area contributed by atoms with Crippen LogP contribution in [0.1, 0.15) is 33.1 Å². The van der Waals surface area contributed by atoms with Crippen molar-refractivity contribution < 1.29 is 9.47 Å². The van der Waals surface area contributed by atoms with E-state index in [2.05, 4.69) is 11.0 Å². The van der Waals surface area contributed by atoms with Gasteiger partial charge in [0.05, 0.1) is 18.1 Å². The zero-order valence-corrected chi connectivity index (χ0v) is 12.4. The maximum atomic E-state index is 8.97. The topological polar surface area (TPSA) is 45.5 Å². The lowest BCUT2D eigenvalue weighted by Gasteiger charge is -2.23. The Morgan fingerprint density at radius 3 is 2.17 bits per heavy atom. The number of ether oxygens (including phenoxy) is 2. The van der Waals surface area contributed by atoms with Crippen LogP contribution < -0.4 is 0 Å². The van der Waals surface area contributed by atoms with Crippen LogP contribution in [0.15, 0.2) is 0 Å². The number of hydrogen-bond acceptors (Lipinski definition) is 4. The molecule has 0 radical (unpaired) electrons. The van der Waals surface area contributed by atoms with E-state index >= 15 is 0 Å². The minimum Gasteiger partial charge on any atom is -0.385 e. The molecule has 0 saturated heterocycles. The van der Waals surface area contributed by atoms with Crippen molar-refractivity contribution >= 4 is 0 Å². The first kappa shape index (κ1) is 17.4. The minimum atomic E-state index is -0.209. The van der Waals surface area contributed by atoms with Gasteiger partial charge in [-0.05, 0) is 39.7 Å². The Hall–Kier alpha value is -0.630. The lowest BCUT2D eigenvalue weighted by Crippen LogP contribution is -2.30. The highest BCUT2D eigenvalue weighted by molar-refractivity contribution is 4.91. The Balaban J connectivity index is 3.88. The van der Waals surface area contributed by atoms with E-state index < -0.39 is 0 Å².